The van der Waals surface area contributed by atoms with Gasteiger partial charge in [0.15, 0.2) is 5.82 Å². The molecule has 3 aromatic rings. The highest BCUT2D eigenvalue weighted by molar-refractivity contribution is 5.79. The SMILES string of the molecule is Cc1nc(Cn2c(C)nc3cc(N)ccc32)no1. The van der Waals surface area contributed by atoms with Crippen LogP contribution in [0.5, 0.6) is 0 Å². The van der Waals surface area contributed by atoms with Crippen molar-refractivity contribution in [1.29, 1.82) is 0 Å². The molecule has 0 saturated carbocycles. The number of aryl methyl sites for hydroxylation is 2. The average Bonchev–Trinajstić information content (AvgIpc) is 2.84. The molecule has 0 fully saturated rings. The first-order valence-corrected chi connectivity index (χ1v) is 5.65. The second kappa shape index (κ2) is 3.83. The number of rotatable bonds is 2. The number of hydrogen-bond donors (Lipinski definition) is 1. The molecule has 0 bridgehead atoms. The Morgan fingerprint density at radius 3 is 2.83 bits per heavy atom. The normalized spacial score (nSPS) is 11.2. The van der Waals surface area contributed by atoms with Crippen LogP contribution in [0, 0.1) is 13.8 Å². The molecule has 0 aliphatic heterocycles. The summed E-state index contributed by atoms with van der Waals surface area (Å²) in [7, 11) is 0. The van der Waals surface area contributed by atoms with Gasteiger partial charge < -0.3 is 14.8 Å². The summed E-state index contributed by atoms with van der Waals surface area (Å²) in [6, 6.07) is 5.68. The van der Waals surface area contributed by atoms with Crippen LogP contribution in [-0.2, 0) is 6.54 Å². The number of anilines is 1. The molecular weight excluding hydrogens is 230 g/mol. The summed E-state index contributed by atoms with van der Waals surface area (Å²) >= 11 is 0. The van der Waals surface area contributed by atoms with Crippen molar-refractivity contribution in [1.82, 2.24) is 19.7 Å². The fourth-order valence-corrected chi connectivity index (χ4v) is 2.01. The van der Waals surface area contributed by atoms with Crippen molar-refractivity contribution < 1.29 is 4.52 Å². The Morgan fingerprint density at radius 2 is 2.11 bits per heavy atom. The third-order valence-corrected chi connectivity index (χ3v) is 2.83. The summed E-state index contributed by atoms with van der Waals surface area (Å²) in [4.78, 5) is 8.67. The maximum Gasteiger partial charge on any atom is 0.223 e. The van der Waals surface area contributed by atoms with Gasteiger partial charge in [-0.05, 0) is 25.1 Å². The lowest BCUT2D eigenvalue weighted by Crippen LogP contribution is -2.03. The molecule has 18 heavy (non-hydrogen) atoms. The van der Waals surface area contributed by atoms with Gasteiger partial charge in [0.25, 0.3) is 0 Å². The molecule has 2 heterocycles. The van der Waals surface area contributed by atoms with Crippen molar-refractivity contribution in [3.63, 3.8) is 0 Å². The van der Waals surface area contributed by atoms with E-state index in [9.17, 15) is 0 Å². The van der Waals surface area contributed by atoms with E-state index in [1.54, 1.807) is 6.92 Å². The third kappa shape index (κ3) is 1.71. The van der Waals surface area contributed by atoms with Crippen molar-refractivity contribution >= 4 is 16.7 Å². The lowest BCUT2D eigenvalue weighted by atomic mass is 10.3. The van der Waals surface area contributed by atoms with Crippen LogP contribution < -0.4 is 5.73 Å². The lowest BCUT2D eigenvalue weighted by molar-refractivity contribution is 0.386. The minimum absolute atomic E-state index is 0.545. The van der Waals surface area contributed by atoms with Crippen LogP contribution in [0.15, 0.2) is 22.7 Å². The molecule has 0 unspecified atom stereocenters. The zero-order valence-corrected chi connectivity index (χ0v) is 10.2. The molecule has 0 atom stereocenters. The van der Waals surface area contributed by atoms with Crippen LogP contribution in [0.3, 0.4) is 0 Å². The largest absolute Gasteiger partial charge is 0.399 e. The topological polar surface area (TPSA) is 82.8 Å². The molecule has 0 amide bonds. The minimum Gasteiger partial charge on any atom is -0.399 e. The summed E-state index contributed by atoms with van der Waals surface area (Å²) in [6.45, 7) is 4.27. The predicted octanol–water partition coefficient (Wildman–Crippen LogP) is 1.67. The highest BCUT2D eigenvalue weighted by atomic mass is 16.5. The second-order valence-electron chi connectivity index (χ2n) is 4.22. The van der Waals surface area contributed by atoms with Crippen LogP contribution in [0.4, 0.5) is 5.69 Å². The Kier molecular flexibility index (Phi) is 2.29. The van der Waals surface area contributed by atoms with Crippen LogP contribution in [-0.4, -0.2) is 19.7 Å². The van der Waals surface area contributed by atoms with Crippen molar-refractivity contribution in [2.45, 2.75) is 20.4 Å². The lowest BCUT2D eigenvalue weighted by Gasteiger charge is -2.02. The summed E-state index contributed by atoms with van der Waals surface area (Å²) < 4.78 is 7.01. The van der Waals surface area contributed by atoms with Crippen molar-refractivity contribution in [3.8, 4) is 0 Å². The number of hydrogen-bond acceptors (Lipinski definition) is 5. The van der Waals surface area contributed by atoms with Gasteiger partial charge in [-0.2, -0.15) is 4.98 Å². The van der Waals surface area contributed by atoms with Crippen LogP contribution in [0.1, 0.15) is 17.5 Å². The predicted molar refractivity (Wildman–Crippen MR) is 67.0 cm³/mol. The molecule has 2 N–H and O–H groups in total. The summed E-state index contributed by atoms with van der Waals surface area (Å²) in [6.07, 6.45) is 0. The maximum atomic E-state index is 5.75. The fourth-order valence-electron chi connectivity index (χ4n) is 2.01. The van der Waals surface area contributed by atoms with E-state index in [4.69, 9.17) is 10.3 Å². The Bertz CT molecular complexity index is 712. The van der Waals surface area contributed by atoms with Gasteiger partial charge in [0.1, 0.15) is 5.82 Å². The molecule has 0 aliphatic rings. The molecule has 1 aromatic carbocycles. The Hall–Kier alpha value is -2.37. The van der Waals surface area contributed by atoms with E-state index in [0.717, 1.165) is 16.9 Å². The van der Waals surface area contributed by atoms with E-state index in [1.807, 2.05) is 29.7 Å². The Labute approximate surface area is 103 Å². The van der Waals surface area contributed by atoms with Gasteiger partial charge in [-0.25, -0.2) is 4.98 Å². The van der Waals surface area contributed by atoms with E-state index in [-0.39, 0.29) is 0 Å². The van der Waals surface area contributed by atoms with E-state index >= 15 is 0 Å². The number of nitrogen functional groups attached to an aromatic ring is 1. The highest BCUT2D eigenvalue weighted by Crippen LogP contribution is 2.19. The molecule has 6 nitrogen and oxygen atoms in total. The Balaban J connectivity index is 2.08. The average molecular weight is 243 g/mol. The van der Waals surface area contributed by atoms with Gasteiger partial charge in [-0.1, -0.05) is 5.16 Å². The van der Waals surface area contributed by atoms with Gasteiger partial charge in [-0.15, -0.1) is 0 Å². The molecule has 3 rings (SSSR count). The van der Waals surface area contributed by atoms with E-state index < -0.39 is 0 Å². The highest BCUT2D eigenvalue weighted by Gasteiger charge is 2.10. The Morgan fingerprint density at radius 1 is 1.28 bits per heavy atom. The molecule has 6 heteroatoms. The first-order valence-electron chi connectivity index (χ1n) is 5.65. The maximum absolute atomic E-state index is 5.75. The molecule has 0 radical (unpaired) electrons. The zero-order chi connectivity index (χ0) is 12.7. The summed E-state index contributed by atoms with van der Waals surface area (Å²) in [5, 5.41) is 3.90. The van der Waals surface area contributed by atoms with Gasteiger partial charge in [0.05, 0.1) is 17.6 Å². The number of fused-ring (bicyclic) bond motifs is 1. The second-order valence-corrected chi connectivity index (χ2v) is 4.22. The van der Waals surface area contributed by atoms with Gasteiger partial charge >= 0.3 is 0 Å². The molecule has 92 valence electrons. The smallest absolute Gasteiger partial charge is 0.223 e. The quantitative estimate of drug-likeness (QED) is 0.692. The van der Waals surface area contributed by atoms with Crippen molar-refractivity contribution in [2.24, 2.45) is 0 Å². The zero-order valence-electron chi connectivity index (χ0n) is 10.2. The molecule has 2 aromatic heterocycles. The number of benzene rings is 1. The van der Waals surface area contributed by atoms with Gasteiger partial charge in [0, 0.05) is 12.6 Å². The van der Waals surface area contributed by atoms with Crippen LogP contribution in [0.2, 0.25) is 0 Å². The summed E-state index contributed by atoms with van der Waals surface area (Å²) in [5.74, 6) is 2.11. The first-order chi connectivity index (χ1) is 8.63. The molecule has 0 saturated heterocycles. The van der Waals surface area contributed by atoms with E-state index in [2.05, 4.69) is 15.1 Å². The fraction of sp³-hybridized carbons (Fsp3) is 0.250. The molecule has 0 aliphatic carbocycles. The standard InChI is InChI=1S/C12H13N5O/c1-7-14-10-5-9(13)3-4-11(10)17(7)6-12-15-8(2)18-16-12/h3-5H,6,13H2,1-2H3. The van der Waals surface area contributed by atoms with Crippen molar-refractivity contribution in [3.05, 3.63) is 35.7 Å². The van der Waals surface area contributed by atoms with Crippen LogP contribution >= 0.6 is 0 Å². The number of nitrogens with zero attached hydrogens (tertiary/aromatic N) is 4. The van der Waals surface area contributed by atoms with Crippen molar-refractivity contribution in [2.75, 3.05) is 5.73 Å². The van der Waals surface area contributed by atoms with Crippen LogP contribution in [0.25, 0.3) is 11.0 Å². The van der Waals surface area contributed by atoms with E-state index in [0.29, 0.717) is 23.9 Å². The van der Waals surface area contributed by atoms with Gasteiger partial charge in [-0.3, -0.25) is 0 Å². The number of imidazole rings is 1. The van der Waals surface area contributed by atoms with Gasteiger partial charge in [0.2, 0.25) is 5.89 Å². The molecule has 0 spiro atoms. The number of aromatic nitrogens is 4. The first kappa shape index (κ1) is 10.8. The minimum atomic E-state index is 0.545. The number of nitrogens with two attached hydrogens (primary N) is 1. The molecular formula is C12H13N5O. The van der Waals surface area contributed by atoms with E-state index in [1.165, 1.54) is 0 Å². The summed E-state index contributed by atoms with van der Waals surface area (Å²) in [5.41, 5.74) is 8.36. The monoisotopic (exact) mass is 243 g/mol. The third-order valence-electron chi connectivity index (χ3n) is 2.83.